The number of nitrogens with zero attached hydrogens (tertiary/aromatic N) is 1. The fraction of sp³-hybridized carbons (Fsp3) is 0.850. The van der Waals surface area contributed by atoms with Crippen molar-refractivity contribution in [2.24, 2.45) is 11.8 Å². The van der Waals surface area contributed by atoms with E-state index in [1.807, 2.05) is 6.92 Å². The van der Waals surface area contributed by atoms with Crippen LogP contribution in [0.15, 0.2) is 0 Å². The van der Waals surface area contributed by atoms with Gasteiger partial charge in [-0.2, -0.15) is 0 Å². The fourth-order valence-corrected chi connectivity index (χ4v) is 4.64. The molecule has 0 aromatic rings. The molecule has 1 aliphatic rings. The van der Waals surface area contributed by atoms with Gasteiger partial charge in [-0.15, -0.1) is 0 Å². The second-order valence-corrected chi connectivity index (χ2v) is 15.0. The van der Waals surface area contributed by atoms with Gasteiger partial charge in [0.2, 0.25) is 5.91 Å². The number of carbonyl (C=O) groups is 3. The van der Waals surface area contributed by atoms with Crippen LogP contribution in [0.5, 0.6) is 0 Å². The molecule has 0 saturated carbocycles. The smallest absolute Gasteiger partial charge is 0.326 e. The Morgan fingerprint density at radius 2 is 1.64 bits per heavy atom. The summed E-state index contributed by atoms with van der Waals surface area (Å²) in [4.78, 5) is 38.0. The van der Waals surface area contributed by atoms with Gasteiger partial charge >= 0.3 is 11.9 Å². The lowest BCUT2D eigenvalue weighted by molar-refractivity contribution is -0.180. The van der Waals surface area contributed by atoms with E-state index >= 15 is 0 Å². The standard InChI is InChI=1S/C20H37NO6Si/c1-12(18(24)25)16-15(13(2)27-28(9,10)20(6,7)8)17(23)21(16)11-14(22)26-19(3,4)5/h12-13,15-16H,11H2,1-10H3,(H,24,25). The Morgan fingerprint density at radius 1 is 1.14 bits per heavy atom. The van der Waals surface area contributed by atoms with Gasteiger partial charge in [-0.1, -0.05) is 20.8 Å². The number of hydrogen-bond donors (Lipinski definition) is 1. The minimum absolute atomic E-state index is 0.0296. The minimum Gasteiger partial charge on any atom is -0.481 e. The third-order valence-electron chi connectivity index (χ3n) is 5.71. The predicted molar refractivity (Wildman–Crippen MR) is 109 cm³/mol. The van der Waals surface area contributed by atoms with Crippen LogP contribution in [0.25, 0.3) is 0 Å². The van der Waals surface area contributed by atoms with Gasteiger partial charge in [0, 0.05) is 0 Å². The number of rotatable bonds is 7. The number of carbonyl (C=O) groups excluding carboxylic acids is 2. The summed E-state index contributed by atoms with van der Waals surface area (Å²) < 4.78 is 11.7. The van der Waals surface area contributed by atoms with E-state index in [0.717, 1.165) is 0 Å². The van der Waals surface area contributed by atoms with Crippen LogP contribution in [-0.2, 0) is 23.5 Å². The number of esters is 1. The first-order valence-corrected chi connectivity index (χ1v) is 12.7. The molecule has 1 fully saturated rings. The van der Waals surface area contributed by atoms with Crippen LogP contribution in [0.2, 0.25) is 18.1 Å². The van der Waals surface area contributed by atoms with Crippen molar-refractivity contribution in [1.82, 2.24) is 4.90 Å². The normalized spacial score (nSPS) is 23.1. The number of carboxylic acids is 1. The van der Waals surface area contributed by atoms with Gasteiger partial charge in [0.1, 0.15) is 12.1 Å². The highest BCUT2D eigenvalue weighted by Gasteiger charge is 2.56. The molecule has 4 unspecified atom stereocenters. The quantitative estimate of drug-likeness (QED) is 0.390. The second-order valence-electron chi connectivity index (χ2n) is 10.3. The maximum absolute atomic E-state index is 12.8. The van der Waals surface area contributed by atoms with Crippen LogP contribution in [0.4, 0.5) is 0 Å². The lowest BCUT2D eigenvalue weighted by atomic mass is 9.76. The summed E-state index contributed by atoms with van der Waals surface area (Å²) >= 11 is 0. The van der Waals surface area contributed by atoms with E-state index in [0.29, 0.717) is 0 Å². The maximum atomic E-state index is 12.8. The predicted octanol–water partition coefficient (Wildman–Crippen LogP) is 3.29. The molecule has 1 N–H and O–H groups in total. The Bertz CT molecular complexity index is 619. The highest BCUT2D eigenvalue weighted by atomic mass is 28.4. The van der Waals surface area contributed by atoms with Crippen molar-refractivity contribution in [3.63, 3.8) is 0 Å². The lowest BCUT2D eigenvalue weighted by Gasteiger charge is -2.52. The van der Waals surface area contributed by atoms with Gasteiger partial charge in [0.05, 0.1) is 24.0 Å². The third-order valence-corrected chi connectivity index (χ3v) is 10.3. The average Bonchev–Trinajstić information content (AvgIpc) is 2.45. The molecule has 0 aromatic heterocycles. The molecule has 1 saturated heterocycles. The van der Waals surface area contributed by atoms with Gasteiger partial charge in [-0.25, -0.2) is 0 Å². The number of carboxylic acid groups (broad SMARTS) is 1. The zero-order chi connectivity index (χ0) is 22.2. The first-order valence-electron chi connectivity index (χ1n) is 9.82. The van der Waals surface area contributed by atoms with Gasteiger partial charge in [0.25, 0.3) is 0 Å². The van der Waals surface area contributed by atoms with Gasteiger partial charge in [-0.3, -0.25) is 14.4 Å². The van der Waals surface area contributed by atoms with Crippen molar-refractivity contribution in [2.75, 3.05) is 6.54 Å². The molecule has 0 spiro atoms. The van der Waals surface area contributed by atoms with E-state index in [4.69, 9.17) is 9.16 Å². The zero-order valence-corrected chi connectivity index (χ0v) is 20.0. The Morgan fingerprint density at radius 3 is 2.04 bits per heavy atom. The van der Waals surface area contributed by atoms with Gasteiger partial charge in [-0.05, 0) is 52.8 Å². The summed E-state index contributed by atoms with van der Waals surface area (Å²) in [7, 11) is -2.13. The number of ether oxygens (including phenoxy) is 1. The first-order chi connectivity index (χ1) is 12.4. The van der Waals surface area contributed by atoms with Gasteiger partial charge < -0.3 is 19.2 Å². The highest BCUT2D eigenvalue weighted by molar-refractivity contribution is 6.74. The van der Waals surface area contributed by atoms with Crippen molar-refractivity contribution >= 4 is 26.2 Å². The molecule has 1 aliphatic heterocycles. The monoisotopic (exact) mass is 415 g/mol. The molecule has 0 bridgehead atoms. The molecule has 0 radical (unpaired) electrons. The number of hydrogen-bond acceptors (Lipinski definition) is 5. The summed E-state index contributed by atoms with van der Waals surface area (Å²) in [5, 5.41) is 9.49. The van der Waals surface area contributed by atoms with Crippen LogP contribution in [0.3, 0.4) is 0 Å². The minimum atomic E-state index is -2.13. The van der Waals surface area contributed by atoms with Crippen LogP contribution in [0, 0.1) is 11.8 Å². The Labute approximate surface area is 169 Å². The van der Waals surface area contributed by atoms with E-state index in [1.54, 1.807) is 27.7 Å². The first kappa shape index (κ1) is 24.6. The average molecular weight is 416 g/mol. The summed E-state index contributed by atoms with van der Waals surface area (Å²) in [6, 6.07) is -0.600. The molecule has 1 heterocycles. The van der Waals surface area contributed by atoms with Crippen molar-refractivity contribution in [1.29, 1.82) is 0 Å². The van der Waals surface area contributed by atoms with Crippen LogP contribution in [-0.4, -0.2) is 60.5 Å². The molecule has 8 heteroatoms. The van der Waals surface area contributed by atoms with E-state index in [2.05, 4.69) is 33.9 Å². The van der Waals surface area contributed by atoms with Crippen molar-refractivity contribution in [3.05, 3.63) is 0 Å². The molecule has 1 rings (SSSR count). The maximum Gasteiger partial charge on any atom is 0.326 e. The van der Waals surface area contributed by atoms with Crippen LogP contribution in [0.1, 0.15) is 55.4 Å². The Balaban J connectivity index is 3.02. The van der Waals surface area contributed by atoms with E-state index in [9.17, 15) is 19.5 Å². The van der Waals surface area contributed by atoms with Crippen LogP contribution < -0.4 is 0 Å². The summed E-state index contributed by atoms with van der Waals surface area (Å²) in [6.07, 6.45) is -0.421. The number of aliphatic carboxylic acids is 1. The SMILES string of the molecule is CC(O[Si](C)(C)C(C)(C)C)C1C(=O)N(CC(=O)OC(C)(C)C)C1C(C)C(=O)O. The Hall–Kier alpha value is -1.41. The third kappa shape index (κ3) is 5.56. The molecule has 0 aromatic carbocycles. The molecule has 28 heavy (non-hydrogen) atoms. The molecular weight excluding hydrogens is 378 g/mol. The number of β-lactam (4-membered cyclic amide) rings is 1. The van der Waals surface area contributed by atoms with E-state index < -0.39 is 49.8 Å². The Kier molecular flexibility index (Phi) is 7.16. The van der Waals surface area contributed by atoms with Crippen molar-refractivity contribution < 1.29 is 28.7 Å². The van der Waals surface area contributed by atoms with Crippen molar-refractivity contribution in [2.45, 2.75) is 91.3 Å². The highest BCUT2D eigenvalue weighted by Crippen LogP contribution is 2.41. The topological polar surface area (TPSA) is 93.1 Å². The molecular formula is C20H37NO6Si. The molecule has 162 valence electrons. The van der Waals surface area contributed by atoms with E-state index in [-0.39, 0.29) is 17.5 Å². The summed E-state index contributed by atoms with van der Waals surface area (Å²) in [5.41, 5.74) is -0.670. The number of amides is 1. The largest absolute Gasteiger partial charge is 0.481 e. The molecule has 1 amide bonds. The van der Waals surface area contributed by atoms with E-state index in [1.165, 1.54) is 4.90 Å². The fourth-order valence-electron chi connectivity index (χ4n) is 3.21. The second kappa shape index (κ2) is 8.14. The summed E-state index contributed by atoms with van der Waals surface area (Å²) in [6.45, 7) is 18.9. The summed E-state index contributed by atoms with van der Waals surface area (Å²) in [5.74, 6) is -3.19. The van der Waals surface area contributed by atoms with Gasteiger partial charge in [0.15, 0.2) is 8.32 Å². The number of likely N-dealkylation sites (tertiary alicyclic amines) is 1. The van der Waals surface area contributed by atoms with Crippen LogP contribution >= 0.6 is 0 Å². The molecule has 7 nitrogen and oxygen atoms in total. The molecule has 0 aliphatic carbocycles. The molecule has 4 atom stereocenters. The van der Waals surface area contributed by atoms with Crippen molar-refractivity contribution in [3.8, 4) is 0 Å². The zero-order valence-electron chi connectivity index (χ0n) is 19.0. The lowest BCUT2D eigenvalue weighted by Crippen LogP contribution is -2.69.